The van der Waals surface area contributed by atoms with Gasteiger partial charge >= 0.3 is 6.18 Å². The molecule has 0 saturated heterocycles. The Morgan fingerprint density at radius 2 is 1.86 bits per heavy atom. The number of benzene rings is 1. The van der Waals surface area contributed by atoms with E-state index in [4.69, 9.17) is 0 Å². The van der Waals surface area contributed by atoms with E-state index in [1.54, 1.807) is 6.07 Å². The van der Waals surface area contributed by atoms with Gasteiger partial charge in [-0.2, -0.15) is 13.2 Å². The van der Waals surface area contributed by atoms with Gasteiger partial charge in [0.2, 0.25) is 0 Å². The van der Waals surface area contributed by atoms with Crippen LogP contribution in [-0.2, 0) is 12.7 Å². The highest BCUT2D eigenvalue weighted by Gasteiger charge is 2.30. The predicted molar refractivity (Wildman–Crippen MR) is 77.6 cm³/mol. The van der Waals surface area contributed by atoms with E-state index in [0.717, 1.165) is 36.1 Å². The molecule has 0 fully saturated rings. The Morgan fingerprint density at radius 1 is 1.14 bits per heavy atom. The van der Waals surface area contributed by atoms with Crippen LogP contribution < -0.4 is 5.32 Å². The van der Waals surface area contributed by atoms with E-state index in [1.807, 2.05) is 31.4 Å². The number of hydrogen-bond acceptors (Lipinski definition) is 1. The van der Waals surface area contributed by atoms with E-state index in [1.165, 1.54) is 12.1 Å². The smallest absolute Gasteiger partial charge is 0.318 e. The average molecular weight is 296 g/mol. The second kappa shape index (κ2) is 5.93. The molecule has 0 aliphatic rings. The van der Waals surface area contributed by atoms with Crippen molar-refractivity contribution in [2.45, 2.75) is 33.5 Å². The molecule has 0 saturated carbocycles. The first-order valence-electron chi connectivity index (χ1n) is 6.90. The van der Waals surface area contributed by atoms with E-state index in [-0.39, 0.29) is 0 Å². The van der Waals surface area contributed by atoms with Crippen LogP contribution in [0.25, 0.3) is 5.69 Å². The summed E-state index contributed by atoms with van der Waals surface area (Å²) in [5.74, 6) is 0. The van der Waals surface area contributed by atoms with Crippen molar-refractivity contribution in [2.24, 2.45) is 0 Å². The topological polar surface area (TPSA) is 17.0 Å². The van der Waals surface area contributed by atoms with Crippen LogP contribution in [-0.4, -0.2) is 11.1 Å². The molecule has 2 rings (SSSR count). The highest BCUT2D eigenvalue weighted by Crippen LogP contribution is 2.31. The zero-order valence-electron chi connectivity index (χ0n) is 12.4. The molecule has 0 aliphatic carbocycles. The first-order valence-corrected chi connectivity index (χ1v) is 6.90. The first-order chi connectivity index (χ1) is 9.84. The molecule has 0 amide bonds. The van der Waals surface area contributed by atoms with Gasteiger partial charge in [-0.1, -0.05) is 13.0 Å². The van der Waals surface area contributed by atoms with Crippen LogP contribution in [0.4, 0.5) is 13.2 Å². The Balaban J connectivity index is 2.45. The molecular weight excluding hydrogens is 277 g/mol. The van der Waals surface area contributed by atoms with Crippen LogP contribution in [0.3, 0.4) is 0 Å². The lowest BCUT2D eigenvalue weighted by molar-refractivity contribution is -0.137. The number of aromatic nitrogens is 1. The van der Waals surface area contributed by atoms with Gasteiger partial charge in [-0.05, 0) is 50.2 Å². The maximum atomic E-state index is 12.8. The van der Waals surface area contributed by atoms with E-state index < -0.39 is 11.7 Å². The van der Waals surface area contributed by atoms with Crippen molar-refractivity contribution in [3.63, 3.8) is 0 Å². The van der Waals surface area contributed by atoms with Gasteiger partial charge in [0.25, 0.3) is 0 Å². The molecule has 0 spiro atoms. The molecule has 0 atom stereocenters. The molecule has 1 heterocycles. The fourth-order valence-electron chi connectivity index (χ4n) is 2.49. The van der Waals surface area contributed by atoms with Gasteiger partial charge in [0.05, 0.1) is 5.56 Å². The van der Waals surface area contributed by atoms with Crippen LogP contribution in [0.5, 0.6) is 0 Å². The summed E-state index contributed by atoms with van der Waals surface area (Å²) in [6.07, 6.45) is -4.32. The van der Waals surface area contributed by atoms with Crippen LogP contribution in [0.2, 0.25) is 0 Å². The predicted octanol–water partition coefficient (Wildman–Crippen LogP) is 4.22. The Bertz CT molecular complexity index is 627. The number of aryl methyl sites for hydroxylation is 1. The number of rotatable bonds is 4. The zero-order chi connectivity index (χ0) is 15.6. The number of nitrogens with one attached hydrogen (secondary N) is 1. The van der Waals surface area contributed by atoms with Crippen molar-refractivity contribution in [3.8, 4) is 5.69 Å². The van der Waals surface area contributed by atoms with E-state index in [9.17, 15) is 13.2 Å². The van der Waals surface area contributed by atoms with Crippen molar-refractivity contribution >= 4 is 0 Å². The summed E-state index contributed by atoms with van der Waals surface area (Å²) in [4.78, 5) is 0. The molecule has 1 aromatic heterocycles. The van der Waals surface area contributed by atoms with Gasteiger partial charge in [-0.15, -0.1) is 0 Å². The van der Waals surface area contributed by atoms with Crippen LogP contribution in [0, 0.1) is 13.8 Å². The summed E-state index contributed by atoms with van der Waals surface area (Å²) >= 11 is 0. The SMILES string of the molecule is CCNCc1cc(C)n(-c2cccc(C(F)(F)F)c2)c1C. The minimum Gasteiger partial charge on any atom is -0.318 e. The van der Waals surface area contributed by atoms with Crippen molar-refractivity contribution < 1.29 is 13.2 Å². The fourth-order valence-corrected chi connectivity index (χ4v) is 2.49. The molecule has 0 radical (unpaired) electrons. The maximum absolute atomic E-state index is 12.8. The molecule has 114 valence electrons. The van der Waals surface area contributed by atoms with E-state index >= 15 is 0 Å². The van der Waals surface area contributed by atoms with Crippen molar-refractivity contribution in [1.29, 1.82) is 0 Å². The summed E-state index contributed by atoms with van der Waals surface area (Å²) in [7, 11) is 0. The van der Waals surface area contributed by atoms with E-state index in [2.05, 4.69) is 5.32 Å². The number of halogens is 3. The molecular formula is C16H19F3N2. The third-order valence-corrected chi connectivity index (χ3v) is 3.53. The third kappa shape index (κ3) is 3.29. The Morgan fingerprint density at radius 3 is 2.48 bits per heavy atom. The lowest BCUT2D eigenvalue weighted by Gasteiger charge is -2.13. The first kappa shape index (κ1) is 15.6. The van der Waals surface area contributed by atoms with Gasteiger partial charge in [0.15, 0.2) is 0 Å². The van der Waals surface area contributed by atoms with Gasteiger partial charge in [0, 0.05) is 23.6 Å². The molecule has 2 aromatic rings. The van der Waals surface area contributed by atoms with Crippen molar-refractivity contribution in [3.05, 3.63) is 52.8 Å². The second-order valence-corrected chi connectivity index (χ2v) is 5.06. The molecule has 0 unspecified atom stereocenters. The Kier molecular flexibility index (Phi) is 4.42. The molecule has 0 aliphatic heterocycles. The highest BCUT2D eigenvalue weighted by molar-refractivity contribution is 5.43. The molecule has 1 N–H and O–H groups in total. The summed E-state index contributed by atoms with van der Waals surface area (Å²) < 4.78 is 40.4. The minimum atomic E-state index is -4.32. The third-order valence-electron chi connectivity index (χ3n) is 3.53. The van der Waals surface area contributed by atoms with Crippen LogP contribution in [0.15, 0.2) is 30.3 Å². The average Bonchev–Trinajstić information content (AvgIpc) is 2.70. The largest absolute Gasteiger partial charge is 0.416 e. The normalized spacial score (nSPS) is 11.9. The Hall–Kier alpha value is -1.75. The standard InChI is InChI=1S/C16H19F3N2/c1-4-20-10-13-8-11(2)21(12(13)3)15-7-5-6-14(9-15)16(17,18)19/h5-9,20H,4,10H2,1-3H3. The lowest BCUT2D eigenvalue weighted by atomic mass is 10.2. The number of nitrogens with zero attached hydrogens (tertiary/aromatic N) is 1. The monoisotopic (exact) mass is 296 g/mol. The Labute approximate surface area is 122 Å². The number of hydrogen-bond donors (Lipinski definition) is 1. The lowest BCUT2D eigenvalue weighted by Crippen LogP contribution is -2.12. The number of alkyl halides is 3. The van der Waals surface area contributed by atoms with Gasteiger partial charge in [-0.25, -0.2) is 0 Å². The second-order valence-electron chi connectivity index (χ2n) is 5.06. The van der Waals surface area contributed by atoms with E-state index in [0.29, 0.717) is 5.69 Å². The van der Waals surface area contributed by atoms with Crippen LogP contribution in [0.1, 0.15) is 29.4 Å². The highest BCUT2D eigenvalue weighted by atomic mass is 19.4. The van der Waals surface area contributed by atoms with Gasteiger partial charge in [-0.3, -0.25) is 0 Å². The summed E-state index contributed by atoms with van der Waals surface area (Å²) in [5, 5.41) is 3.24. The van der Waals surface area contributed by atoms with Crippen molar-refractivity contribution in [2.75, 3.05) is 6.54 Å². The quantitative estimate of drug-likeness (QED) is 0.893. The summed E-state index contributed by atoms with van der Waals surface area (Å²) in [6.45, 7) is 7.43. The molecule has 1 aromatic carbocycles. The molecule has 2 nitrogen and oxygen atoms in total. The minimum absolute atomic E-state index is 0.544. The molecule has 21 heavy (non-hydrogen) atoms. The van der Waals surface area contributed by atoms with Crippen molar-refractivity contribution in [1.82, 2.24) is 9.88 Å². The summed E-state index contributed by atoms with van der Waals surface area (Å²) in [6, 6.07) is 7.44. The van der Waals surface area contributed by atoms with Crippen LogP contribution >= 0.6 is 0 Å². The van der Waals surface area contributed by atoms with Gasteiger partial charge < -0.3 is 9.88 Å². The molecule has 0 bridgehead atoms. The molecule has 5 heteroatoms. The maximum Gasteiger partial charge on any atom is 0.416 e. The fraction of sp³-hybridized carbons (Fsp3) is 0.375. The summed E-state index contributed by atoms with van der Waals surface area (Å²) in [5.41, 5.74) is 2.92. The van der Waals surface area contributed by atoms with Gasteiger partial charge in [0.1, 0.15) is 0 Å². The zero-order valence-corrected chi connectivity index (χ0v) is 12.4.